The zero-order chi connectivity index (χ0) is 50.3. The van der Waals surface area contributed by atoms with Crippen molar-refractivity contribution in [1.82, 2.24) is 9.78 Å². The third-order valence-electron chi connectivity index (χ3n) is 12.3. The van der Waals surface area contributed by atoms with E-state index in [0.717, 1.165) is 66.8 Å². The Morgan fingerprint density at radius 3 is 1.85 bits per heavy atom. The minimum atomic E-state index is -0.452. The second kappa shape index (κ2) is 21.0. The number of ether oxygens (including phenoxy) is 2. The number of fused-ring (bicyclic) bond motifs is 2. The molecule has 0 spiro atoms. The van der Waals surface area contributed by atoms with Crippen LogP contribution in [-0.4, -0.2) is 39.7 Å². The number of benzene rings is 9. The van der Waals surface area contributed by atoms with Gasteiger partial charge in [0.1, 0.15) is 17.1 Å². The first-order chi connectivity index (χ1) is 35.7. The highest BCUT2D eigenvalue weighted by atomic mass is 16.5. The number of rotatable bonds is 15. The molecule has 0 saturated carbocycles. The molecular weight excluding hydrogens is 913 g/mol. The largest absolute Gasteiger partial charge is 0.505 e. The standard InChI is InChI=1S/C60H48N8O5/c1-38-12-4-10-18-52(38)61-37-73-54-35-43-15-7-9-17-50(43)57(59(54)70)66-64-46-28-30-47(31-29-46)68-36-44(55(67-68)41-24-32-48(72-3)33-25-41)23-20-40-21-26-45(27-22-40)63-65-56-49-16-8-6-14-42(49)34-51(58(56)69)60(71)62-53-19-11-5-13-39(53)2/h4-36,61,69-70H,37H2,1-3H3,(H,62,71). The average Bonchev–Trinajstić information content (AvgIpc) is 3.85. The van der Waals surface area contributed by atoms with Gasteiger partial charge in [-0.05, 0) is 126 Å². The lowest BCUT2D eigenvalue weighted by molar-refractivity contribution is 0.102. The minimum Gasteiger partial charge on any atom is -0.505 e. The molecule has 73 heavy (non-hydrogen) atoms. The Kier molecular flexibility index (Phi) is 13.5. The molecule has 0 aliphatic carbocycles. The second-order valence-corrected chi connectivity index (χ2v) is 17.1. The number of para-hydroxylation sites is 2. The SMILES string of the molecule is COc1ccc(-c2nn(-c3ccc(N=Nc4c(O)c(OCNc5ccccc5C)cc5ccccc45)cc3)cc2C=Cc2ccc(N=Nc3c(O)c(C(=O)Nc4ccccc4C)cc4ccccc34)cc2)cc1. The summed E-state index contributed by atoms with van der Waals surface area (Å²) in [7, 11) is 1.63. The van der Waals surface area contributed by atoms with E-state index in [1.165, 1.54) is 0 Å². The Bertz CT molecular complexity index is 3740. The molecule has 0 saturated heterocycles. The van der Waals surface area contributed by atoms with Crippen molar-refractivity contribution in [3.8, 4) is 39.9 Å². The summed E-state index contributed by atoms with van der Waals surface area (Å²) < 4.78 is 13.3. The van der Waals surface area contributed by atoms with E-state index in [4.69, 9.17) is 14.6 Å². The molecule has 0 radical (unpaired) electrons. The van der Waals surface area contributed by atoms with Crippen LogP contribution in [0.5, 0.6) is 23.0 Å². The number of carbonyl (C=O) groups is 1. The van der Waals surface area contributed by atoms with Gasteiger partial charge in [0.05, 0.1) is 35.4 Å². The summed E-state index contributed by atoms with van der Waals surface area (Å²) in [5, 5.41) is 55.0. The first kappa shape index (κ1) is 46.8. The maximum Gasteiger partial charge on any atom is 0.259 e. The molecule has 4 N–H and O–H groups in total. The zero-order valence-electron chi connectivity index (χ0n) is 40.1. The van der Waals surface area contributed by atoms with Crippen LogP contribution in [0.25, 0.3) is 50.6 Å². The first-order valence-electron chi connectivity index (χ1n) is 23.4. The lowest BCUT2D eigenvalue weighted by Gasteiger charge is -2.14. The van der Waals surface area contributed by atoms with Crippen LogP contribution in [0.15, 0.2) is 209 Å². The highest BCUT2D eigenvalue weighted by Gasteiger charge is 2.20. The topological polar surface area (TPSA) is 167 Å². The van der Waals surface area contributed by atoms with Crippen LogP contribution in [0.3, 0.4) is 0 Å². The van der Waals surface area contributed by atoms with E-state index in [1.807, 2.05) is 207 Å². The van der Waals surface area contributed by atoms with Gasteiger partial charge in [0, 0.05) is 39.5 Å². The van der Waals surface area contributed by atoms with Gasteiger partial charge in [-0.2, -0.15) is 15.3 Å². The molecule has 13 nitrogen and oxygen atoms in total. The van der Waals surface area contributed by atoms with E-state index in [9.17, 15) is 15.0 Å². The zero-order valence-corrected chi connectivity index (χ0v) is 40.1. The number of methoxy groups -OCH3 is 1. The fourth-order valence-corrected chi connectivity index (χ4v) is 8.30. The van der Waals surface area contributed by atoms with E-state index in [1.54, 1.807) is 19.2 Å². The number of hydrogen-bond donors (Lipinski definition) is 4. The van der Waals surface area contributed by atoms with E-state index in [2.05, 4.69) is 31.1 Å². The maximum absolute atomic E-state index is 13.5. The Labute approximate surface area is 421 Å². The summed E-state index contributed by atoms with van der Waals surface area (Å²) >= 11 is 0. The van der Waals surface area contributed by atoms with Crippen LogP contribution in [-0.2, 0) is 0 Å². The van der Waals surface area contributed by atoms with E-state index in [-0.39, 0.29) is 35.2 Å². The molecule has 10 rings (SSSR count). The number of aryl methyl sites for hydroxylation is 2. The molecule has 1 amide bonds. The van der Waals surface area contributed by atoms with Gasteiger partial charge in [-0.15, -0.1) is 10.2 Å². The molecular formula is C60H48N8O5. The Hall–Kier alpha value is -9.88. The van der Waals surface area contributed by atoms with Crippen molar-refractivity contribution in [1.29, 1.82) is 0 Å². The molecule has 1 aromatic heterocycles. The van der Waals surface area contributed by atoms with E-state index < -0.39 is 5.91 Å². The van der Waals surface area contributed by atoms with Crippen LogP contribution in [0.4, 0.5) is 34.1 Å². The fraction of sp³-hybridized carbons (Fsp3) is 0.0667. The van der Waals surface area contributed by atoms with Gasteiger partial charge in [0.25, 0.3) is 5.91 Å². The van der Waals surface area contributed by atoms with Crippen LogP contribution in [0.1, 0.15) is 32.6 Å². The summed E-state index contributed by atoms with van der Waals surface area (Å²) in [4.78, 5) is 13.5. The molecule has 1 heterocycles. The fourth-order valence-electron chi connectivity index (χ4n) is 8.30. The number of phenolic OH excluding ortho intramolecular Hbond substituents is 2. The van der Waals surface area contributed by atoms with Crippen LogP contribution < -0.4 is 20.1 Å². The van der Waals surface area contributed by atoms with Crippen molar-refractivity contribution in [2.24, 2.45) is 20.5 Å². The van der Waals surface area contributed by atoms with Gasteiger partial charge in [-0.3, -0.25) is 4.79 Å². The predicted octanol–water partition coefficient (Wildman–Crippen LogP) is 15.6. The van der Waals surface area contributed by atoms with Gasteiger partial charge in [-0.25, -0.2) is 4.68 Å². The summed E-state index contributed by atoms with van der Waals surface area (Å²) in [6.45, 7) is 4.06. The average molecular weight is 961 g/mol. The molecule has 0 bridgehead atoms. The van der Waals surface area contributed by atoms with Crippen molar-refractivity contribution in [2.75, 3.05) is 24.5 Å². The number of aromatic hydroxyl groups is 2. The monoisotopic (exact) mass is 960 g/mol. The Balaban J connectivity index is 0.879. The number of nitrogens with zero attached hydrogens (tertiary/aromatic N) is 6. The summed E-state index contributed by atoms with van der Waals surface area (Å²) in [6.07, 6.45) is 5.97. The number of azo groups is 2. The van der Waals surface area contributed by atoms with Crippen LogP contribution in [0, 0.1) is 13.8 Å². The van der Waals surface area contributed by atoms with Gasteiger partial charge in [0.2, 0.25) is 0 Å². The number of amides is 1. The van der Waals surface area contributed by atoms with Gasteiger partial charge in [0.15, 0.2) is 24.0 Å². The second-order valence-electron chi connectivity index (χ2n) is 17.1. The molecule has 0 aliphatic heterocycles. The van der Waals surface area contributed by atoms with Gasteiger partial charge in [-0.1, -0.05) is 109 Å². The summed E-state index contributed by atoms with van der Waals surface area (Å²) in [5.74, 6) is 0.204. The van der Waals surface area contributed by atoms with Crippen molar-refractivity contribution in [2.45, 2.75) is 13.8 Å². The highest BCUT2D eigenvalue weighted by molar-refractivity contribution is 6.12. The number of phenols is 2. The molecule has 0 aliphatic rings. The number of nitrogens with one attached hydrogen (secondary N) is 2. The number of carbonyl (C=O) groups excluding carboxylic acids is 1. The van der Waals surface area contributed by atoms with E-state index in [0.29, 0.717) is 28.1 Å². The maximum atomic E-state index is 13.5. The molecule has 0 fully saturated rings. The molecule has 0 unspecified atom stereocenters. The van der Waals surface area contributed by atoms with Crippen molar-refractivity contribution < 1.29 is 24.5 Å². The Morgan fingerprint density at radius 1 is 0.630 bits per heavy atom. The van der Waals surface area contributed by atoms with Crippen LogP contribution >= 0.6 is 0 Å². The quantitative estimate of drug-likeness (QED) is 0.0586. The third kappa shape index (κ3) is 10.4. The number of hydrogen-bond acceptors (Lipinski definition) is 11. The lowest BCUT2D eigenvalue weighted by atomic mass is 10.0. The summed E-state index contributed by atoms with van der Waals surface area (Å²) in [5.41, 5.74) is 9.52. The van der Waals surface area contributed by atoms with Crippen molar-refractivity contribution in [3.05, 3.63) is 216 Å². The first-order valence-corrected chi connectivity index (χ1v) is 23.4. The molecule has 358 valence electrons. The van der Waals surface area contributed by atoms with Gasteiger partial charge >= 0.3 is 0 Å². The predicted molar refractivity (Wildman–Crippen MR) is 290 cm³/mol. The van der Waals surface area contributed by atoms with Crippen LogP contribution in [0.2, 0.25) is 0 Å². The lowest BCUT2D eigenvalue weighted by Crippen LogP contribution is -2.13. The third-order valence-corrected chi connectivity index (χ3v) is 12.3. The normalized spacial score (nSPS) is 11.5. The van der Waals surface area contributed by atoms with Crippen molar-refractivity contribution in [3.63, 3.8) is 0 Å². The molecule has 13 heteroatoms. The summed E-state index contributed by atoms with van der Waals surface area (Å²) in [6, 6.07) is 56.7. The highest BCUT2D eigenvalue weighted by Crippen LogP contribution is 2.44. The van der Waals surface area contributed by atoms with E-state index >= 15 is 0 Å². The number of aromatic nitrogens is 2. The van der Waals surface area contributed by atoms with Crippen molar-refractivity contribution >= 4 is 73.7 Å². The molecule has 9 aromatic carbocycles. The molecule has 0 atom stereocenters. The smallest absolute Gasteiger partial charge is 0.259 e. The number of anilines is 2. The van der Waals surface area contributed by atoms with Gasteiger partial charge < -0.3 is 30.3 Å². The Morgan fingerprint density at radius 2 is 1.21 bits per heavy atom. The molecule has 10 aromatic rings. The minimum absolute atomic E-state index is 0.0934.